The summed E-state index contributed by atoms with van der Waals surface area (Å²) in [6.07, 6.45) is 3.51. The molecule has 1 aliphatic rings. The number of hydrogen-bond acceptors (Lipinski definition) is 5. The largest absolute Gasteiger partial charge is 0.352 e. The number of aromatic nitrogens is 4. The van der Waals surface area contributed by atoms with Crippen LogP contribution in [0.3, 0.4) is 0 Å². The van der Waals surface area contributed by atoms with Crippen molar-refractivity contribution in [2.24, 2.45) is 0 Å². The van der Waals surface area contributed by atoms with Gasteiger partial charge in [0.25, 0.3) is 0 Å². The smallest absolute Gasteiger partial charge is 0.246 e. The van der Waals surface area contributed by atoms with Gasteiger partial charge in [-0.3, -0.25) is 4.79 Å². The van der Waals surface area contributed by atoms with Crippen LogP contribution < -0.4 is 4.90 Å². The van der Waals surface area contributed by atoms with Crippen LogP contribution in [0, 0.1) is 13.8 Å². The molecule has 29 heavy (non-hydrogen) atoms. The number of carbonyl (C=O) groups excluding carboxylic acids is 1. The number of nitrogens with zero attached hydrogens (tertiary/aromatic N) is 6. The van der Waals surface area contributed by atoms with Gasteiger partial charge in [-0.05, 0) is 43.7 Å². The van der Waals surface area contributed by atoms with E-state index in [1.165, 1.54) is 0 Å². The summed E-state index contributed by atoms with van der Waals surface area (Å²) in [5.41, 5.74) is 3.01. The highest BCUT2D eigenvalue weighted by Gasteiger charge is 2.21. The van der Waals surface area contributed by atoms with Crippen molar-refractivity contribution in [2.45, 2.75) is 13.8 Å². The van der Waals surface area contributed by atoms with E-state index in [-0.39, 0.29) is 5.91 Å². The lowest BCUT2D eigenvalue weighted by atomic mass is 10.2. The van der Waals surface area contributed by atoms with Crippen LogP contribution in [-0.2, 0) is 4.79 Å². The second-order valence-electron chi connectivity index (χ2n) is 7.14. The third kappa shape index (κ3) is 4.34. The molecule has 7 heteroatoms. The van der Waals surface area contributed by atoms with Crippen molar-refractivity contribution in [1.29, 1.82) is 0 Å². The Balaban J connectivity index is 1.35. The first-order valence-corrected chi connectivity index (χ1v) is 9.74. The van der Waals surface area contributed by atoms with Crippen molar-refractivity contribution in [1.82, 2.24) is 24.9 Å². The summed E-state index contributed by atoms with van der Waals surface area (Å²) in [6, 6.07) is 15.8. The number of anilines is 1. The van der Waals surface area contributed by atoms with Crippen LogP contribution in [0.25, 0.3) is 11.9 Å². The fraction of sp³-hybridized carbons (Fsp3) is 0.273. The molecule has 0 N–H and O–H groups in total. The number of piperazine rings is 1. The SMILES string of the molecule is Cc1cc(C)n(-c2ccc(N3CCN(C(=O)/C=C/c4ccccc4)CC3)nn2)n1. The zero-order chi connectivity index (χ0) is 20.2. The van der Waals surface area contributed by atoms with Crippen molar-refractivity contribution >= 4 is 17.8 Å². The van der Waals surface area contributed by atoms with Crippen LogP contribution in [0.4, 0.5) is 5.82 Å². The molecule has 3 aromatic rings. The predicted octanol–water partition coefficient (Wildman–Crippen LogP) is 2.64. The van der Waals surface area contributed by atoms with Gasteiger partial charge < -0.3 is 9.80 Å². The Morgan fingerprint density at radius 2 is 1.62 bits per heavy atom. The monoisotopic (exact) mass is 388 g/mol. The summed E-state index contributed by atoms with van der Waals surface area (Å²) in [5.74, 6) is 1.57. The van der Waals surface area contributed by atoms with Gasteiger partial charge in [0.1, 0.15) is 0 Å². The molecule has 1 fully saturated rings. The van der Waals surface area contributed by atoms with E-state index in [0.717, 1.165) is 35.9 Å². The Labute approximate surface area is 170 Å². The third-order valence-corrected chi connectivity index (χ3v) is 5.00. The highest BCUT2D eigenvalue weighted by molar-refractivity contribution is 5.91. The van der Waals surface area contributed by atoms with E-state index in [9.17, 15) is 4.79 Å². The second-order valence-corrected chi connectivity index (χ2v) is 7.14. The Morgan fingerprint density at radius 3 is 2.24 bits per heavy atom. The summed E-state index contributed by atoms with van der Waals surface area (Å²) in [6.45, 7) is 6.76. The van der Waals surface area contributed by atoms with E-state index < -0.39 is 0 Å². The van der Waals surface area contributed by atoms with Crippen LogP contribution in [0.1, 0.15) is 17.0 Å². The average Bonchev–Trinajstić information content (AvgIpc) is 3.11. The van der Waals surface area contributed by atoms with Gasteiger partial charge in [-0.1, -0.05) is 30.3 Å². The molecule has 2 aromatic heterocycles. The highest BCUT2D eigenvalue weighted by atomic mass is 16.2. The minimum absolute atomic E-state index is 0.0412. The van der Waals surface area contributed by atoms with Crippen LogP contribution in [0.5, 0.6) is 0 Å². The number of aryl methyl sites for hydroxylation is 2. The summed E-state index contributed by atoms with van der Waals surface area (Å²) in [5, 5.41) is 13.1. The molecule has 0 saturated carbocycles. The van der Waals surface area contributed by atoms with Crippen LogP contribution in [0.15, 0.2) is 54.6 Å². The lowest BCUT2D eigenvalue weighted by Crippen LogP contribution is -2.48. The van der Waals surface area contributed by atoms with Crippen molar-refractivity contribution in [3.8, 4) is 5.82 Å². The first-order valence-electron chi connectivity index (χ1n) is 9.74. The fourth-order valence-electron chi connectivity index (χ4n) is 3.45. The Morgan fingerprint density at radius 1 is 0.931 bits per heavy atom. The standard InChI is InChI=1S/C22H24N6O/c1-17-16-18(2)28(25-17)21-10-9-20(23-24-21)26-12-14-27(15-13-26)22(29)11-8-19-6-4-3-5-7-19/h3-11,16H,12-15H2,1-2H3/b11-8+. The summed E-state index contributed by atoms with van der Waals surface area (Å²) in [7, 11) is 0. The predicted molar refractivity (Wildman–Crippen MR) is 113 cm³/mol. The third-order valence-electron chi connectivity index (χ3n) is 5.00. The number of rotatable bonds is 4. The minimum Gasteiger partial charge on any atom is -0.352 e. The van der Waals surface area contributed by atoms with Gasteiger partial charge in [-0.15, -0.1) is 10.2 Å². The molecule has 1 aliphatic heterocycles. The zero-order valence-corrected chi connectivity index (χ0v) is 16.7. The molecule has 0 aliphatic carbocycles. The molecule has 0 atom stereocenters. The summed E-state index contributed by atoms with van der Waals surface area (Å²) >= 11 is 0. The van der Waals surface area contributed by atoms with E-state index in [4.69, 9.17) is 0 Å². The number of amides is 1. The van der Waals surface area contributed by atoms with E-state index in [0.29, 0.717) is 18.9 Å². The quantitative estimate of drug-likeness (QED) is 0.643. The van der Waals surface area contributed by atoms with Crippen molar-refractivity contribution in [3.63, 3.8) is 0 Å². The first-order chi connectivity index (χ1) is 14.1. The Hall–Kier alpha value is -3.48. The van der Waals surface area contributed by atoms with Gasteiger partial charge in [0.05, 0.1) is 5.69 Å². The van der Waals surface area contributed by atoms with E-state index in [2.05, 4.69) is 20.2 Å². The molecule has 0 spiro atoms. The van der Waals surface area contributed by atoms with Crippen molar-refractivity contribution in [3.05, 3.63) is 71.6 Å². The van der Waals surface area contributed by atoms with Gasteiger partial charge in [0, 0.05) is 37.9 Å². The molecule has 1 saturated heterocycles. The van der Waals surface area contributed by atoms with Gasteiger partial charge >= 0.3 is 0 Å². The van der Waals surface area contributed by atoms with E-state index >= 15 is 0 Å². The molecule has 7 nitrogen and oxygen atoms in total. The second kappa shape index (κ2) is 8.26. The van der Waals surface area contributed by atoms with Gasteiger partial charge in [0.2, 0.25) is 5.91 Å². The van der Waals surface area contributed by atoms with Gasteiger partial charge in [-0.2, -0.15) is 5.10 Å². The van der Waals surface area contributed by atoms with Crippen molar-refractivity contribution < 1.29 is 4.79 Å². The molecular weight excluding hydrogens is 364 g/mol. The molecule has 0 radical (unpaired) electrons. The zero-order valence-electron chi connectivity index (χ0n) is 16.7. The molecule has 1 aromatic carbocycles. The molecular formula is C22H24N6O. The van der Waals surface area contributed by atoms with Crippen LogP contribution in [0.2, 0.25) is 0 Å². The number of benzene rings is 1. The lowest BCUT2D eigenvalue weighted by Gasteiger charge is -2.34. The van der Waals surface area contributed by atoms with Crippen LogP contribution in [-0.4, -0.2) is 57.0 Å². The molecule has 148 valence electrons. The fourth-order valence-corrected chi connectivity index (χ4v) is 3.45. The Kier molecular flexibility index (Phi) is 5.37. The van der Waals surface area contributed by atoms with E-state index in [1.54, 1.807) is 10.8 Å². The van der Waals surface area contributed by atoms with Gasteiger partial charge in [-0.25, -0.2) is 4.68 Å². The average molecular weight is 388 g/mol. The maximum Gasteiger partial charge on any atom is 0.246 e. The molecule has 1 amide bonds. The molecule has 3 heterocycles. The van der Waals surface area contributed by atoms with Gasteiger partial charge in [0.15, 0.2) is 11.6 Å². The maximum absolute atomic E-state index is 12.4. The maximum atomic E-state index is 12.4. The number of hydrogen-bond donors (Lipinski definition) is 0. The van der Waals surface area contributed by atoms with E-state index in [1.807, 2.05) is 73.4 Å². The highest BCUT2D eigenvalue weighted by Crippen LogP contribution is 2.16. The number of carbonyl (C=O) groups is 1. The Bertz CT molecular complexity index is 1000. The normalized spacial score (nSPS) is 14.6. The first kappa shape index (κ1) is 18.9. The lowest BCUT2D eigenvalue weighted by molar-refractivity contribution is -0.126. The summed E-state index contributed by atoms with van der Waals surface area (Å²) in [4.78, 5) is 16.5. The molecule has 0 unspecified atom stereocenters. The van der Waals surface area contributed by atoms with Crippen LogP contribution >= 0.6 is 0 Å². The minimum atomic E-state index is 0.0412. The molecule has 4 rings (SSSR count). The van der Waals surface area contributed by atoms with Crippen molar-refractivity contribution in [2.75, 3.05) is 31.1 Å². The molecule has 0 bridgehead atoms. The topological polar surface area (TPSA) is 67.2 Å². The summed E-state index contributed by atoms with van der Waals surface area (Å²) < 4.78 is 1.79.